The molecule has 1 rings (SSSR count). The molecule has 2 N–H and O–H groups in total. The number of halogens is 1. The molecular formula is C15H18ClNO3. The molecule has 0 spiro atoms. The van der Waals surface area contributed by atoms with Crippen LogP contribution in [-0.4, -0.2) is 37.4 Å². The fraction of sp³-hybridized carbons (Fsp3) is 0.400. The molecule has 1 atom stereocenters. The molecule has 5 heteroatoms. The quantitative estimate of drug-likeness (QED) is 0.815. The Balaban J connectivity index is 2.72. The van der Waals surface area contributed by atoms with E-state index in [4.69, 9.17) is 21.4 Å². The van der Waals surface area contributed by atoms with Gasteiger partial charge >= 0.3 is 0 Å². The molecule has 1 unspecified atom stereocenters. The van der Waals surface area contributed by atoms with Crippen LogP contribution in [-0.2, 0) is 4.74 Å². The lowest BCUT2D eigenvalue weighted by Gasteiger charge is -2.11. The van der Waals surface area contributed by atoms with Crippen LogP contribution in [0.25, 0.3) is 0 Å². The Morgan fingerprint density at radius 1 is 1.55 bits per heavy atom. The van der Waals surface area contributed by atoms with Crippen LogP contribution in [0.2, 0.25) is 5.02 Å². The van der Waals surface area contributed by atoms with Crippen molar-refractivity contribution >= 4 is 17.5 Å². The molecule has 1 aromatic rings. The lowest BCUT2D eigenvalue weighted by Crippen LogP contribution is -2.31. The van der Waals surface area contributed by atoms with E-state index in [0.29, 0.717) is 29.1 Å². The number of aliphatic hydroxyl groups excluding tert-OH is 1. The highest BCUT2D eigenvalue weighted by atomic mass is 35.5. The summed E-state index contributed by atoms with van der Waals surface area (Å²) in [5, 5.41) is 11.8. The average Bonchev–Trinajstić information content (AvgIpc) is 2.46. The first-order valence-corrected chi connectivity index (χ1v) is 6.66. The lowest BCUT2D eigenvalue weighted by molar-refractivity contribution is 0.0870. The summed E-state index contributed by atoms with van der Waals surface area (Å²) in [5.41, 5.74) is 1.12. The number of nitrogens with one attached hydrogen (secondary N) is 1. The van der Waals surface area contributed by atoms with Crippen LogP contribution in [0.3, 0.4) is 0 Å². The van der Waals surface area contributed by atoms with Gasteiger partial charge in [-0.15, -0.1) is 0 Å². The molecule has 0 aliphatic heterocycles. The third-order valence-corrected chi connectivity index (χ3v) is 2.96. The van der Waals surface area contributed by atoms with Crippen LogP contribution in [0.5, 0.6) is 0 Å². The summed E-state index contributed by atoms with van der Waals surface area (Å²) < 4.78 is 5.05. The van der Waals surface area contributed by atoms with Gasteiger partial charge in [-0.1, -0.05) is 23.4 Å². The van der Waals surface area contributed by atoms with Gasteiger partial charge in [0.2, 0.25) is 0 Å². The van der Waals surface area contributed by atoms with Gasteiger partial charge in [0.25, 0.3) is 5.91 Å². The monoisotopic (exact) mass is 295 g/mol. The van der Waals surface area contributed by atoms with Crippen LogP contribution in [0.15, 0.2) is 18.2 Å². The summed E-state index contributed by atoms with van der Waals surface area (Å²) in [7, 11) is 1.59. The summed E-state index contributed by atoms with van der Waals surface area (Å²) in [6, 6.07) is 4.94. The first-order valence-electron chi connectivity index (χ1n) is 6.28. The van der Waals surface area contributed by atoms with Crippen molar-refractivity contribution in [3.05, 3.63) is 34.3 Å². The zero-order valence-electron chi connectivity index (χ0n) is 11.6. The van der Waals surface area contributed by atoms with Gasteiger partial charge in [-0.3, -0.25) is 4.79 Å². The number of hydrogen-bond acceptors (Lipinski definition) is 3. The normalized spacial score (nSPS) is 11.4. The first kappa shape index (κ1) is 16.5. The standard InChI is InChI=1S/C15H18ClNO3/c1-11(20-2)10-17-15(19)13-7-6-12(14(16)9-13)5-3-4-8-18/h6-7,9,11,18H,4,8,10H2,1-2H3,(H,17,19). The summed E-state index contributed by atoms with van der Waals surface area (Å²) in [4.78, 5) is 11.9. The van der Waals surface area contributed by atoms with Crippen molar-refractivity contribution in [1.29, 1.82) is 0 Å². The second-order valence-electron chi connectivity index (χ2n) is 4.23. The molecular weight excluding hydrogens is 278 g/mol. The van der Waals surface area contributed by atoms with E-state index >= 15 is 0 Å². The Kier molecular flexibility index (Phi) is 7.10. The topological polar surface area (TPSA) is 58.6 Å². The second-order valence-corrected chi connectivity index (χ2v) is 4.63. The van der Waals surface area contributed by atoms with Crippen LogP contribution < -0.4 is 5.32 Å². The molecule has 108 valence electrons. The fourth-order valence-electron chi connectivity index (χ4n) is 1.39. The second kappa shape index (κ2) is 8.60. The van der Waals surface area contributed by atoms with Crippen molar-refractivity contribution < 1.29 is 14.6 Å². The predicted octanol–water partition coefficient (Wildman–Crippen LogP) is 1.84. The molecule has 0 radical (unpaired) electrons. The average molecular weight is 296 g/mol. The minimum absolute atomic E-state index is 0.0167. The highest BCUT2D eigenvalue weighted by Crippen LogP contribution is 2.17. The van der Waals surface area contributed by atoms with Crippen LogP contribution >= 0.6 is 11.6 Å². The zero-order chi connectivity index (χ0) is 15.0. The van der Waals surface area contributed by atoms with Gasteiger partial charge in [-0.25, -0.2) is 0 Å². The highest BCUT2D eigenvalue weighted by molar-refractivity contribution is 6.32. The maximum Gasteiger partial charge on any atom is 0.251 e. The van der Waals surface area contributed by atoms with Crippen molar-refractivity contribution in [1.82, 2.24) is 5.32 Å². The summed E-state index contributed by atoms with van der Waals surface area (Å²) in [6.07, 6.45) is 0.353. The number of carbonyl (C=O) groups excluding carboxylic acids is 1. The largest absolute Gasteiger partial charge is 0.395 e. The Morgan fingerprint density at radius 2 is 2.30 bits per heavy atom. The number of aliphatic hydroxyl groups is 1. The molecule has 0 fully saturated rings. The number of benzene rings is 1. The molecule has 4 nitrogen and oxygen atoms in total. The van der Waals surface area contributed by atoms with Gasteiger partial charge in [0.15, 0.2) is 0 Å². The number of amides is 1. The van der Waals surface area contributed by atoms with E-state index in [0.717, 1.165) is 0 Å². The lowest BCUT2D eigenvalue weighted by atomic mass is 10.1. The van der Waals surface area contributed by atoms with Gasteiger partial charge in [0, 0.05) is 31.2 Å². The number of carbonyl (C=O) groups is 1. The number of ether oxygens (including phenoxy) is 1. The Bertz CT molecular complexity index is 520. The molecule has 0 saturated carbocycles. The maximum atomic E-state index is 11.9. The van der Waals surface area contributed by atoms with E-state index in [1.807, 2.05) is 6.92 Å². The van der Waals surface area contributed by atoms with E-state index in [1.54, 1.807) is 25.3 Å². The fourth-order valence-corrected chi connectivity index (χ4v) is 1.62. The molecule has 1 aromatic carbocycles. The summed E-state index contributed by atoms with van der Waals surface area (Å²) >= 11 is 6.07. The maximum absolute atomic E-state index is 11.9. The Morgan fingerprint density at radius 3 is 2.90 bits per heavy atom. The van der Waals surface area contributed by atoms with Crippen molar-refractivity contribution in [3.63, 3.8) is 0 Å². The molecule has 0 saturated heterocycles. The van der Waals surface area contributed by atoms with Crippen LogP contribution in [0, 0.1) is 11.8 Å². The smallest absolute Gasteiger partial charge is 0.251 e. The summed E-state index contributed by atoms with van der Waals surface area (Å²) in [6.45, 7) is 2.32. The van der Waals surface area contributed by atoms with E-state index in [2.05, 4.69) is 17.2 Å². The molecule has 0 heterocycles. The minimum atomic E-state index is -0.203. The molecule has 20 heavy (non-hydrogen) atoms. The van der Waals surface area contributed by atoms with Gasteiger partial charge in [0.05, 0.1) is 17.7 Å². The third-order valence-electron chi connectivity index (χ3n) is 2.64. The van der Waals surface area contributed by atoms with Gasteiger partial charge in [-0.2, -0.15) is 0 Å². The first-order chi connectivity index (χ1) is 9.58. The number of methoxy groups -OCH3 is 1. The van der Waals surface area contributed by atoms with E-state index in [9.17, 15) is 4.79 Å². The number of rotatable bonds is 5. The van der Waals surface area contributed by atoms with Crippen LogP contribution in [0.1, 0.15) is 29.3 Å². The van der Waals surface area contributed by atoms with Gasteiger partial charge < -0.3 is 15.2 Å². The van der Waals surface area contributed by atoms with Crippen LogP contribution in [0.4, 0.5) is 0 Å². The number of hydrogen-bond donors (Lipinski definition) is 2. The molecule has 0 aromatic heterocycles. The van der Waals surface area contributed by atoms with Gasteiger partial charge in [0.1, 0.15) is 0 Å². The van der Waals surface area contributed by atoms with Crippen molar-refractivity contribution in [2.24, 2.45) is 0 Å². The summed E-state index contributed by atoms with van der Waals surface area (Å²) in [5.74, 6) is 5.43. The van der Waals surface area contributed by atoms with Crippen molar-refractivity contribution in [2.45, 2.75) is 19.4 Å². The van der Waals surface area contributed by atoms with E-state index < -0.39 is 0 Å². The minimum Gasteiger partial charge on any atom is -0.395 e. The van der Waals surface area contributed by atoms with Crippen molar-refractivity contribution in [2.75, 3.05) is 20.3 Å². The molecule has 1 amide bonds. The highest BCUT2D eigenvalue weighted by Gasteiger charge is 2.09. The Labute approximate surface area is 124 Å². The molecule has 0 aliphatic rings. The SMILES string of the molecule is COC(C)CNC(=O)c1ccc(C#CCCO)c(Cl)c1. The molecule has 0 aliphatic carbocycles. The third kappa shape index (κ3) is 5.22. The van der Waals surface area contributed by atoms with E-state index in [1.165, 1.54) is 0 Å². The zero-order valence-corrected chi connectivity index (χ0v) is 12.3. The van der Waals surface area contributed by atoms with Gasteiger partial charge in [-0.05, 0) is 25.1 Å². The van der Waals surface area contributed by atoms with Crippen molar-refractivity contribution in [3.8, 4) is 11.8 Å². The Hall–Kier alpha value is -1.54. The molecule has 0 bridgehead atoms. The van der Waals surface area contributed by atoms with E-state index in [-0.39, 0.29) is 18.6 Å². The predicted molar refractivity (Wildman–Crippen MR) is 78.8 cm³/mol.